The number of rotatable bonds is 12. The number of halogens is 3. The Kier molecular flexibility index (Phi) is 9.59. The van der Waals surface area contributed by atoms with Crippen LogP contribution >= 0.6 is 23.2 Å². The molecule has 3 aliphatic carbocycles. The Morgan fingerprint density at radius 3 is 2.41 bits per heavy atom. The number of amides is 1. The maximum atomic E-state index is 13.6. The number of esters is 1. The lowest BCUT2D eigenvalue weighted by atomic mass is 9.59. The molecule has 11 heteroatoms. The number of carbonyl (C=O) groups excluding carboxylic acids is 2. The Balaban J connectivity index is 1.32. The first kappa shape index (κ1) is 29.4. The highest BCUT2D eigenvalue weighted by atomic mass is 35.5. The second-order valence-electron chi connectivity index (χ2n) is 10.1. The monoisotopic (exact) mass is 582 g/mol. The van der Waals surface area contributed by atoms with Crippen LogP contribution in [0.25, 0.3) is 0 Å². The third-order valence-corrected chi connectivity index (χ3v) is 8.07. The lowest BCUT2D eigenvalue weighted by Crippen LogP contribution is -2.71. The fourth-order valence-electron chi connectivity index (χ4n) is 5.41. The molecule has 3 aliphatic rings. The highest BCUT2D eigenvalue weighted by Gasteiger charge is 2.55. The van der Waals surface area contributed by atoms with Crippen LogP contribution in [0.5, 0.6) is 11.5 Å². The number of aliphatic hydroxyl groups excluding tert-OH is 1. The van der Waals surface area contributed by atoms with Gasteiger partial charge in [0, 0.05) is 23.0 Å². The minimum absolute atomic E-state index is 0.0328. The minimum Gasteiger partial charge on any atom is -0.494 e. The first-order valence-electron chi connectivity index (χ1n) is 13.0. The molecule has 2 aromatic rings. The Hall–Kier alpha value is -2.59. The molecule has 0 aliphatic heterocycles. The summed E-state index contributed by atoms with van der Waals surface area (Å²) in [7, 11) is 0. The first-order chi connectivity index (χ1) is 18.6. The molecule has 0 heterocycles. The predicted octanol–water partition coefficient (Wildman–Crippen LogP) is 4.43. The molecule has 8 nitrogen and oxygen atoms in total. The van der Waals surface area contributed by atoms with E-state index in [9.17, 15) is 19.1 Å². The van der Waals surface area contributed by atoms with E-state index in [0.717, 1.165) is 6.07 Å². The molecule has 0 aromatic heterocycles. The maximum Gasteiger partial charge on any atom is 0.323 e. The number of ether oxygens (including phenoxy) is 3. The number of hydrogen-bond donors (Lipinski definition) is 3. The molecule has 3 N–H and O–H groups in total. The minimum atomic E-state index is -0.822. The molecular weight excluding hydrogens is 550 g/mol. The normalized spacial score (nSPS) is 24.6. The van der Waals surface area contributed by atoms with Gasteiger partial charge < -0.3 is 24.6 Å². The number of carbonyl (C=O) groups is 2. The summed E-state index contributed by atoms with van der Waals surface area (Å²) in [5.74, 6) is -0.574. The summed E-state index contributed by atoms with van der Waals surface area (Å²) in [5.41, 5.74) is -1.26. The van der Waals surface area contributed by atoms with E-state index >= 15 is 0 Å². The maximum absolute atomic E-state index is 13.6. The second-order valence-corrected chi connectivity index (χ2v) is 11.0. The van der Waals surface area contributed by atoms with E-state index in [-0.39, 0.29) is 36.6 Å². The molecule has 1 amide bonds. The van der Waals surface area contributed by atoms with Gasteiger partial charge in [-0.15, -0.1) is 0 Å². The van der Waals surface area contributed by atoms with Crippen molar-refractivity contribution in [2.75, 3.05) is 19.8 Å². The first-order valence-corrected chi connectivity index (χ1v) is 13.8. The van der Waals surface area contributed by atoms with Gasteiger partial charge >= 0.3 is 5.97 Å². The van der Waals surface area contributed by atoms with E-state index < -0.39 is 34.9 Å². The van der Waals surface area contributed by atoms with Crippen LogP contribution < -0.4 is 20.1 Å². The van der Waals surface area contributed by atoms with Crippen LogP contribution in [0.2, 0.25) is 10.0 Å². The van der Waals surface area contributed by atoms with Gasteiger partial charge in [-0.1, -0.05) is 23.2 Å². The number of nitrogens with one attached hydrogen (secondary N) is 2. The van der Waals surface area contributed by atoms with Crippen LogP contribution in [-0.2, 0) is 14.3 Å². The van der Waals surface area contributed by atoms with Crippen molar-refractivity contribution in [2.45, 2.75) is 68.7 Å². The molecule has 1 unspecified atom stereocenters. The van der Waals surface area contributed by atoms with E-state index in [1.807, 2.05) is 0 Å². The van der Waals surface area contributed by atoms with Crippen molar-refractivity contribution in [2.24, 2.45) is 0 Å². The van der Waals surface area contributed by atoms with Crippen molar-refractivity contribution in [3.8, 4) is 11.5 Å². The molecule has 0 saturated heterocycles. The average Bonchev–Trinajstić information content (AvgIpc) is 2.91. The van der Waals surface area contributed by atoms with Crippen molar-refractivity contribution < 1.29 is 33.3 Å². The molecule has 3 fully saturated rings. The Labute approximate surface area is 237 Å². The molecule has 39 heavy (non-hydrogen) atoms. The van der Waals surface area contributed by atoms with Gasteiger partial charge in [-0.2, -0.15) is 0 Å². The smallest absolute Gasteiger partial charge is 0.323 e. The van der Waals surface area contributed by atoms with Gasteiger partial charge in [-0.05, 0) is 75.4 Å². The molecular formula is C28H33Cl2FN2O6. The second kappa shape index (κ2) is 12.7. The summed E-state index contributed by atoms with van der Waals surface area (Å²) in [6, 6.07) is 10.3. The summed E-state index contributed by atoms with van der Waals surface area (Å²) in [5, 5.41) is 18.1. The molecule has 3 saturated carbocycles. The van der Waals surface area contributed by atoms with E-state index in [2.05, 4.69) is 10.6 Å². The predicted molar refractivity (Wildman–Crippen MR) is 145 cm³/mol. The zero-order valence-corrected chi connectivity index (χ0v) is 23.2. The topological polar surface area (TPSA) is 106 Å². The third-order valence-electron chi connectivity index (χ3n) is 7.51. The fourth-order valence-corrected chi connectivity index (χ4v) is 5.65. The zero-order valence-electron chi connectivity index (χ0n) is 21.7. The molecule has 2 aromatic carbocycles. The van der Waals surface area contributed by atoms with Crippen molar-refractivity contribution in [1.29, 1.82) is 0 Å². The third kappa shape index (κ3) is 7.33. The molecule has 0 radical (unpaired) electrons. The molecule has 2 atom stereocenters. The van der Waals surface area contributed by atoms with Crippen LogP contribution in [0.4, 0.5) is 4.39 Å². The number of aliphatic hydroxyl groups is 1. The summed E-state index contributed by atoms with van der Waals surface area (Å²) in [6.45, 7) is 1.98. The van der Waals surface area contributed by atoms with E-state index in [1.165, 1.54) is 12.1 Å². The fraction of sp³-hybridized carbons (Fsp3) is 0.500. The quantitative estimate of drug-likeness (QED) is 0.318. The summed E-state index contributed by atoms with van der Waals surface area (Å²) in [4.78, 5) is 25.4. The Morgan fingerprint density at radius 2 is 1.77 bits per heavy atom. The zero-order chi connectivity index (χ0) is 28.0. The van der Waals surface area contributed by atoms with Crippen LogP contribution in [0.3, 0.4) is 0 Å². The summed E-state index contributed by atoms with van der Waals surface area (Å²) >= 11 is 11.6. The standard InChI is InChI=1S/C28H33Cl2FN2O6/c1-2-37-26(36)23(9-14-38-19-5-3-18(29)4-6-19)32-27-10-12-28(13-11-27,24(34)16-27)33-25(35)17-39-20-7-8-21(30)22(31)15-20/h3-8,15,23-24,32,34H,2,9-14,16-17H2,1H3,(H,33,35)/t23?,24-,27?,28?/m0/s1. The lowest BCUT2D eigenvalue weighted by Gasteiger charge is -2.57. The van der Waals surface area contributed by atoms with Crippen molar-refractivity contribution in [3.63, 3.8) is 0 Å². The molecule has 0 spiro atoms. The summed E-state index contributed by atoms with van der Waals surface area (Å²) in [6.07, 6.45) is 2.29. The molecule has 212 valence electrons. The van der Waals surface area contributed by atoms with Gasteiger partial charge in [0.2, 0.25) is 0 Å². The van der Waals surface area contributed by atoms with Gasteiger partial charge in [0.05, 0.1) is 29.9 Å². The van der Waals surface area contributed by atoms with Crippen LogP contribution in [0.1, 0.15) is 45.4 Å². The van der Waals surface area contributed by atoms with E-state index in [0.29, 0.717) is 49.3 Å². The van der Waals surface area contributed by atoms with E-state index in [1.54, 1.807) is 31.2 Å². The van der Waals surface area contributed by atoms with E-state index in [4.69, 9.17) is 37.4 Å². The largest absolute Gasteiger partial charge is 0.494 e. The summed E-state index contributed by atoms with van der Waals surface area (Å²) < 4.78 is 30.1. The van der Waals surface area contributed by atoms with Crippen molar-refractivity contribution in [3.05, 3.63) is 58.3 Å². The number of hydrogen-bond acceptors (Lipinski definition) is 7. The Morgan fingerprint density at radius 1 is 1.08 bits per heavy atom. The van der Waals surface area contributed by atoms with Crippen LogP contribution in [0.15, 0.2) is 42.5 Å². The molecule has 5 rings (SSSR count). The van der Waals surface area contributed by atoms with Gasteiger partial charge in [0.25, 0.3) is 5.91 Å². The van der Waals surface area contributed by atoms with Crippen molar-refractivity contribution in [1.82, 2.24) is 10.6 Å². The lowest BCUT2D eigenvalue weighted by molar-refractivity contribution is -0.148. The van der Waals surface area contributed by atoms with Crippen LogP contribution in [-0.4, -0.2) is 60.0 Å². The Bertz CT molecular complexity index is 1160. The number of benzene rings is 2. The average molecular weight is 583 g/mol. The van der Waals surface area contributed by atoms with Gasteiger partial charge in [-0.3, -0.25) is 14.9 Å². The molecule has 2 bridgehead atoms. The van der Waals surface area contributed by atoms with Gasteiger partial charge in [0.1, 0.15) is 23.4 Å². The number of fused-ring (bicyclic) bond motifs is 3. The van der Waals surface area contributed by atoms with Gasteiger partial charge in [-0.25, -0.2) is 4.39 Å². The van der Waals surface area contributed by atoms with Crippen molar-refractivity contribution >= 4 is 35.1 Å². The highest BCUT2D eigenvalue weighted by Crippen LogP contribution is 2.47. The highest BCUT2D eigenvalue weighted by molar-refractivity contribution is 6.31. The van der Waals surface area contributed by atoms with Crippen LogP contribution in [0, 0.1) is 5.82 Å². The SMILES string of the molecule is CCOC(=O)C(CCOc1ccc(Cl)cc1)NC12CCC(NC(=O)COc3ccc(Cl)c(F)c3)(CC1)[C@@H](O)C2. The van der Waals surface area contributed by atoms with Gasteiger partial charge in [0.15, 0.2) is 6.61 Å².